The quantitative estimate of drug-likeness (QED) is 0.861. The predicted molar refractivity (Wildman–Crippen MR) is 111 cm³/mol. The van der Waals surface area contributed by atoms with Gasteiger partial charge in [0.15, 0.2) is 0 Å². The SMILES string of the molecule is COc1ccccc1N1CCN(C(=O)c2cc(NC3CCCC3)ccn2)CC1. The maximum Gasteiger partial charge on any atom is 0.272 e. The fourth-order valence-electron chi connectivity index (χ4n) is 4.15. The van der Waals surface area contributed by atoms with Gasteiger partial charge in [0.05, 0.1) is 12.8 Å². The minimum atomic E-state index is 0.00903. The van der Waals surface area contributed by atoms with Gasteiger partial charge in [0.25, 0.3) is 5.91 Å². The molecule has 1 N–H and O–H groups in total. The summed E-state index contributed by atoms with van der Waals surface area (Å²) in [6.45, 7) is 2.93. The Hall–Kier alpha value is -2.76. The van der Waals surface area contributed by atoms with Crippen molar-refractivity contribution in [3.05, 3.63) is 48.3 Å². The van der Waals surface area contributed by atoms with Crippen LogP contribution in [0.25, 0.3) is 0 Å². The van der Waals surface area contributed by atoms with E-state index in [1.54, 1.807) is 13.3 Å². The van der Waals surface area contributed by atoms with E-state index in [1.165, 1.54) is 25.7 Å². The van der Waals surface area contributed by atoms with Gasteiger partial charge in [0.1, 0.15) is 11.4 Å². The number of amides is 1. The maximum atomic E-state index is 12.9. The number of hydrogen-bond acceptors (Lipinski definition) is 5. The smallest absolute Gasteiger partial charge is 0.272 e. The molecule has 4 rings (SSSR count). The van der Waals surface area contributed by atoms with Crippen LogP contribution in [0.4, 0.5) is 11.4 Å². The fraction of sp³-hybridized carbons (Fsp3) is 0.455. The highest BCUT2D eigenvalue weighted by atomic mass is 16.5. The summed E-state index contributed by atoms with van der Waals surface area (Å²) in [6.07, 6.45) is 6.71. The first-order valence-corrected chi connectivity index (χ1v) is 10.1. The van der Waals surface area contributed by atoms with E-state index < -0.39 is 0 Å². The van der Waals surface area contributed by atoms with Crippen molar-refractivity contribution in [3.8, 4) is 5.75 Å². The van der Waals surface area contributed by atoms with Crippen molar-refractivity contribution in [2.24, 2.45) is 0 Å². The molecule has 1 aliphatic heterocycles. The molecule has 1 amide bonds. The number of rotatable bonds is 5. The van der Waals surface area contributed by atoms with Crippen molar-refractivity contribution in [3.63, 3.8) is 0 Å². The molecular formula is C22H28N4O2. The Kier molecular flexibility index (Phi) is 5.65. The second kappa shape index (κ2) is 8.50. The number of anilines is 2. The molecule has 0 unspecified atom stereocenters. The summed E-state index contributed by atoms with van der Waals surface area (Å²) in [4.78, 5) is 21.4. The third-order valence-electron chi connectivity index (χ3n) is 5.70. The zero-order valence-electron chi connectivity index (χ0n) is 16.4. The van der Waals surface area contributed by atoms with E-state index in [4.69, 9.17) is 4.74 Å². The van der Waals surface area contributed by atoms with Gasteiger partial charge in [-0.3, -0.25) is 9.78 Å². The van der Waals surface area contributed by atoms with Crippen molar-refractivity contribution in [2.75, 3.05) is 43.5 Å². The Bertz CT molecular complexity index is 812. The Balaban J connectivity index is 1.38. The van der Waals surface area contributed by atoms with Crippen LogP contribution < -0.4 is 15.0 Å². The summed E-state index contributed by atoms with van der Waals surface area (Å²) in [6, 6.07) is 12.4. The van der Waals surface area contributed by atoms with Crippen LogP contribution in [-0.4, -0.2) is 55.1 Å². The van der Waals surface area contributed by atoms with Crippen molar-refractivity contribution in [2.45, 2.75) is 31.7 Å². The highest BCUT2D eigenvalue weighted by Crippen LogP contribution is 2.28. The van der Waals surface area contributed by atoms with E-state index in [0.29, 0.717) is 24.8 Å². The van der Waals surface area contributed by atoms with E-state index in [9.17, 15) is 4.79 Å². The van der Waals surface area contributed by atoms with Crippen molar-refractivity contribution >= 4 is 17.3 Å². The molecule has 2 aromatic rings. The number of benzene rings is 1. The lowest BCUT2D eigenvalue weighted by atomic mass is 10.2. The molecule has 6 nitrogen and oxygen atoms in total. The number of methoxy groups -OCH3 is 1. The minimum absolute atomic E-state index is 0.00903. The second-order valence-electron chi connectivity index (χ2n) is 7.51. The molecular weight excluding hydrogens is 352 g/mol. The fourth-order valence-corrected chi connectivity index (χ4v) is 4.15. The lowest BCUT2D eigenvalue weighted by Crippen LogP contribution is -2.49. The summed E-state index contributed by atoms with van der Waals surface area (Å²) in [5.74, 6) is 0.879. The molecule has 1 saturated carbocycles. The molecule has 1 saturated heterocycles. The lowest BCUT2D eigenvalue weighted by molar-refractivity contribution is 0.0741. The number of piperazine rings is 1. The summed E-state index contributed by atoms with van der Waals surface area (Å²) in [5.41, 5.74) is 2.60. The molecule has 0 atom stereocenters. The molecule has 0 spiro atoms. The van der Waals surface area contributed by atoms with E-state index in [-0.39, 0.29) is 5.91 Å². The van der Waals surface area contributed by atoms with Crippen LogP contribution in [0.3, 0.4) is 0 Å². The minimum Gasteiger partial charge on any atom is -0.495 e. The third kappa shape index (κ3) is 4.06. The van der Waals surface area contributed by atoms with E-state index in [0.717, 1.165) is 30.2 Å². The molecule has 2 heterocycles. The number of hydrogen-bond donors (Lipinski definition) is 1. The first-order valence-electron chi connectivity index (χ1n) is 10.1. The number of nitrogens with zero attached hydrogens (tertiary/aromatic N) is 3. The second-order valence-corrected chi connectivity index (χ2v) is 7.51. The van der Waals surface area contributed by atoms with Crippen molar-refractivity contribution in [1.82, 2.24) is 9.88 Å². The third-order valence-corrected chi connectivity index (χ3v) is 5.70. The van der Waals surface area contributed by atoms with Gasteiger partial charge in [-0.2, -0.15) is 0 Å². The van der Waals surface area contributed by atoms with Gasteiger partial charge in [0, 0.05) is 44.1 Å². The normalized spacial score (nSPS) is 17.6. The molecule has 1 aromatic heterocycles. The van der Waals surface area contributed by atoms with Gasteiger partial charge in [0.2, 0.25) is 0 Å². The molecule has 1 aliphatic carbocycles. The van der Waals surface area contributed by atoms with Gasteiger partial charge in [-0.25, -0.2) is 0 Å². The standard InChI is InChI=1S/C22H28N4O2/c1-28-21-9-5-4-8-20(21)25-12-14-26(15-13-25)22(27)19-16-18(10-11-23-19)24-17-6-2-3-7-17/h4-5,8-11,16-17H,2-3,6-7,12-15H2,1H3,(H,23,24). The van der Waals surface area contributed by atoms with E-state index >= 15 is 0 Å². The average molecular weight is 380 g/mol. The Labute approximate surface area is 166 Å². The topological polar surface area (TPSA) is 57.7 Å². The molecule has 148 valence electrons. The summed E-state index contributed by atoms with van der Waals surface area (Å²) >= 11 is 0. The number of carbonyl (C=O) groups is 1. The molecule has 28 heavy (non-hydrogen) atoms. The predicted octanol–water partition coefficient (Wildman–Crippen LogP) is 3.41. The highest BCUT2D eigenvalue weighted by molar-refractivity contribution is 5.93. The van der Waals surface area contributed by atoms with Crippen LogP contribution in [0.2, 0.25) is 0 Å². The summed E-state index contributed by atoms with van der Waals surface area (Å²) < 4.78 is 5.47. The van der Waals surface area contributed by atoms with Gasteiger partial charge in [-0.05, 0) is 37.1 Å². The summed E-state index contributed by atoms with van der Waals surface area (Å²) in [5, 5.41) is 3.55. The molecule has 2 aliphatic rings. The van der Waals surface area contributed by atoms with Crippen molar-refractivity contribution in [1.29, 1.82) is 0 Å². The Morgan fingerprint density at radius 1 is 1.11 bits per heavy atom. The van der Waals surface area contributed by atoms with E-state index in [2.05, 4.69) is 21.3 Å². The molecule has 1 aromatic carbocycles. The van der Waals surface area contributed by atoms with Crippen LogP contribution in [0.15, 0.2) is 42.6 Å². The number of pyridine rings is 1. The average Bonchev–Trinajstić information content (AvgIpc) is 3.26. The molecule has 0 radical (unpaired) electrons. The monoisotopic (exact) mass is 380 g/mol. The van der Waals surface area contributed by atoms with Gasteiger partial charge < -0.3 is 19.9 Å². The van der Waals surface area contributed by atoms with Gasteiger partial charge in [-0.15, -0.1) is 0 Å². The van der Waals surface area contributed by atoms with Gasteiger partial charge in [-0.1, -0.05) is 25.0 Å². The van der Waals surface area contributed by atoms with Crippen molar-refractivity contribution < 1.29 is 9.53 Å². The Morgan fingerprint density at radius 3 is 2.61 bits per heavy atom. The van der Waals surface area contributed by atoms with Crippen LogP contribution in [0, 0.1) is 0 Å². The number of carbonyl (C=O) groups excluding carboxylic acids is 1. The number of para-hydroxylation sites is 2. The number of nitrogens with one attached hydrogen (secondary N) is 1. The largest absolute Gasteiger partial charge is 0.495 e. The summed E-state index contributed by atoms with van der Waals surface area (Å²) in [7, 11) is 1.69. The van der Waals surface area contributed by atoms with Crippen LogP contribution >= 0.6 is 0 Å². The number of ether oxygens (including phenoxy) is 1. The zero-order chi connectivity index (χ0) is 19.3. The van der Waals surface area contributed by atoms with Crippen LogP contribution in [-0.2, 0) is 0 Å². The highest BCUT2D eigenvalue weighted by Gasteiger charge is 2.25. The van der Waals surface area contributed by atoms with Crippen LogP contribution in [0.5, 0.6) is 5.75 Å². The van der Waals surface area contributed by atoms with Gasteiger partial charge >= 0.3 is 0 Å². The molecule has 6 heteroatoms. The van der Waals surface area contributed by atoms with Crippen LogP contribution in [0.1, 0.15) is 36.2 Å². The zero-order valence-corrected chi connectivity index (χ0v) is 16.4. The molecule has 0 bridgehead atoms. The first kappa shape index (κ1) is 18.6. The first-order chi connectivity index (χ1) is 13.7. The molecule has 2 fully saturated rings. The van der Waals surface area contributed by atoms with E-state index in [1.807, 2.05) is 35.2 Å². The Morgan fingerprint density at radius 2 is 1.86 bits per heavy atom. The maximum absolute atomic E-state index is 12.9. The lowest BCUT2D eigenvalue weighted by Gasteiger charge is -2.36. The number of aromatic nitrogens is 1.